The van der Waals surface area contributed by atoms with E-state index >= 15 is 0 Å². The van der Waals surface area contributed by atoms with E-state index in [1.807, 2.05) is 18.4 Å². The predicted molar refractivity (Wildman–Crippen MR) is 140 cm³/mol. The molecule has 1 saturated heterocycles. The first-order chi connectivity index (χ1) is 15.2. The van der Waals surface area contributed by atoms with Crippen LogP contribution in [0.4, 0.5) is 0 Å². The van der Waals surface area contributed by atoms with Crippen molar-refractivity contribution in [2.45, 2.75) is 19.0 Å². The quantitative estimate of drug-likeness (QED) is 0.326. The van der Waals surface area contributed by atoms with Crippen LogP contribution in [0.2, 0.25) is 0 Å². The van der Waals surface area contributed by atoms with Crippen LogP contribution < -0.4 is 14.8 Å². The van der Waals surface area contributed by atoms with Crippen LogP contribution in [0.3, 0.4) is 0 Å². The van der Waals surface area contributed by atoms with E-state index in [9.17, 15) is 0 Å². The van der Waals surface area contributed by atoms with Gasteiger partial charge in [0.2, 0.25) is 0 Å². The molecule has 0 amide bonds. The number of halogens is 1. The van der Waals surface area contributed by atoms with Gasteiger partial charge < -0.3 is 24.4 Å². The van der Waals surface area contributed by atoms with Crippen LogP contribution in [-0.2, 0) is 17.7 Å². The summed E-state index contributed by atoms with van der Waals surface area (Å²) < 4.78 is 16.5. The minimum absolute atomic E-state index is 0. The van der Waals surface area contributed by atoms with Gasteiger partial charge in [0.1, 0.15) is 0 Å². The van der Waals surface area contributed by atoms with Crippen LogP contribution in [0.1, 0.15) is 22.0 Å². The van der Waals surface area contributed by atoms with Crippen LogP contribution >= 0.6 is 35.3 Å². The molecule has 32 heavy (non-hydrogen) atoms. The van der Waals surface area contributed by atoms with Gasteiger partial charge in [-0.25, -0.2) is 0 Å². The molecule has 1 N–H and O–H groups in total. The Labute approximate surface area is 211 Å². The molecule has 1 aromatic carbocycles. The van der Waals surface area contributed by atoms with E-state index in [1.54, 1.807) is 14.2 Å². The highest BCUT2D eigenvalue weighted by atomic mass is 127. The SMILES string of the molecule is CN=C(NCC(c1cccs1)N1CCOCC1)N1CCc2cc(OC)c(OC)cc2C1.I. The Bertz CT molecular complexity index is 888. The Balaban J connectivity index is 0.00000289. The molecule has 9 heteroatoms. The number of guanidine groups is 1. The van der Waals surface area contributed by atoms with Crippen molar-refractivity contribution in [2.24, 2.45) is 4.99 Å². The standard InChI is InChI=1S/C23H32N4O3S.HI/c1-24-23(25-15-19(22-5-4-12-31-22)26-8-10-30-11-9-26)27-7-6-17-13-20(28-2)21(29-3)14-18(17)16-27;/h4-5,12-14,19H,6-11,15-16H2,1-3H3,(H,24,25);1H. The highest BCUT2D eigenvalue weighted by molar-refractivity contribution is 14.0. The average Bonchev–Trinajstić information content (AvgIpc) is 3.36. The molecule has 1 atom stereocenters. The van der Waals surface area contributed by atoms with Crippen LogP contribution in [0, 0.1) is 0 Å². The Morgan fingerprint density at radius 1 is 1.16 bits per heavy atom. The molecular formula is C23H33IN4O3S. The highest BCUT2D eigenvalue weighted by Crippen LogP contribution is 2.33. The molecule has 2 aliphatic rings. The molecule has 0 saturated carbocycles. The third kappa shape index (κ3) is 5.67. The number of methoxy groups -OCH3 is 2. The van der Waals surface area contributed by atoms with Gasteiger partial charge in [0, 0.05) is 44.6 Å². The fourth-order valence-electron chi connectivity index (χ4n) is 4.36. The van der Waals surface area contributed by atoms with E-state index in [2.05, 4.69) is 49.8 Å². The second-order valence-corrected chi connectivity index (χ2v) is 8.73. The lowest BCUT2D eigenvalue weighted by Gasteiger charge is -2.36. The number of ether oxygens (including phenoxy) is 3. The number of nitrogens with one attached hydrogen (secondary N) is 1. The summed E-state index contributed by atoms with van der Waals surface area (Å²) in [4.78, 5) is 10.8. The summed E-state index contributed by atoms with van der Waals surface area (Å²) in [6.07, 6.45) is 0.953. The van der Waals surface area contributed by atoms with Gasteiger partial charge in [-0.3, -0.25) is 9.89 Å². The largest absolute Gasteiger partial charge is 0.493 e. The van der Waals surface area contributed by atoms with Crippen LogP contribution in [0.15, 0.2) is 34.6 Å². The smallest absolute Gasteiger partial charge is 0.194 e. The van der Waals surface area contributed by atoms with Crippen molar-refractivity contribution in [3.8, 4) is 11.5 Å². The second kappa shape index (κ2) is 12.1. The summed E-state index contributed by atoms with van der Waals surface area (Å²) in [5.41, 5.74) is 2.57. The van der Waals surface area contributed by atoms with Crippen LogP contribution in [0.5, 0.6) is 11.5 Å². The van der Waals surface area contributed by atoms with E-state index in [0.717, 1.165) is 69.8 Å². The molecular weight excluding hydrogens is 539 g/mol. The van der Waals surface area contributed by atoms with E-state index in [4.69, 9.17) is 14.2 Å². The van der Waals surface area contributed by atoms with Crippen molar-refractivity contribution in [2.75, 3.05) is 60.7 Å². The number of hydrogen-bond acceptors (Lipinski definition) is 6. The number of nitrogens with zero attached hydrogens (tertiary/aromatic N) is 3. The molecule has 2 aliphatic heterocycles. The molecule has 1 unspecified atom stereocenters. The normalized spacial score (nSPS) is 17.8. The lowest BCUT2D eigenvalue weighted by molar-refractivity contribution is 0.0176. The number of aliphatic imine (C=N–C) groups is 1. The Kier molecular flexibility index (Phi) is 9.45. The molecule has 0 spiro atoms. The maximum Gasteiger partial charge on any atom is 0.194 e. The van der Waals surface area contributed by atoms with Crippen molar-refractivity contribution < 1.29 is 14.2 Å². The van der Waals surface area contributed by atoms with Crippen LogP contribution in [0.25, 0.3) is 0 Å². The Morgan fingerprint density at radius 2 is 1.88 bits per heavy atom. The molecule has 1 aromatic heterocycles. The second-order valence-electron chi connectivity index (χ2n) is 7.76. The third-order valence-corrected chi connectivity index (χ3v) is 7.01. The number of hydrogen-bond donors (Lipinski definition) is 1. The number of morpholine rings is 1. The lowest BCUT2D eigenvalue weighted by atomic mass is 9.99. The number of thiophene rings is 1. The van der Waals surface area contributed by atoms with Gasteiger partial charge >= 0.3 is 0 Å². The average molecular weight is 573 g/mol. The molecule has 0 aliphatic carbocycles. The van der Waals surface area contributed by atoms with Crippen molar-refractivity contribution in [3.63, 3.8) is 0 Å². The van der Waals surface area contributed by atoms with Gasteiger partial charge in [0.15, 0.2) is 17.5 Å². The first-order valence-electron chi connectivity index (χ1n) is 10.8. The molecule has 2 aromatic rings. The van der Waals surface area contributed by atoms with Gasteiger partial charge in [0.05, 0.1) is 33.5 Å². The molecule has 176 valence electrons. The molecule has 7 nitrogen and oxygen atoms in total. The van der Waals surface area contributed by atoms with E-state index in [-0.39, 0.29) is 24.0 Å². The molecule has 1 fully saturated rings. The molecule has 4 rings (SSSR count). The summed E-state index contributed by atoms with van der Waals surface area (Å²) >= 11 is 1.82. The van der Waals surface area contributed by atoms with Gasteiger partial charge in [-0.2, -0.15) is 0 Å². The van der Waals surface area contributed by atoms with Crippen LogP contribution in [-0.4, -0.2) is 76.4 Å². The van der Waals surface area contributed by atoms with E-state index in [1.165, 1.54) is 16.0 Å². The Hall–Kier alpha value is -1.56. The Morgan fingerprint density at radius 3 is 2.50 bits per heavy atom. The van der Waals surface area contributed by atoms with Crippen molar-refractivity contribution in [1.82, 2.24) is 15.1 Å². The minimum atomic E-state index is 0. The monoisotopic (exact) mass is 572 g/mol. The predicted octanol–water partition coefficient (Wildman–Crippen LogP) is 3.39. The number of benzene rings is 1. The first kappa shape index (κ1) is 25.1. The third-order valence-electron chi connectivity index (χ3n) is 6.04. The highest BCUT2D eigenvalue weighted by Gasteiger charge is 2.26. The minimum Gasteiger partial charge on any atom is -0.493 e. The fraction of sp³-hybridized carbons (Fsp3) is 0.522. The summed E-state index contributed by atoms with van der Waals surface area (Å²) in [7, 11) is 5.23. The van der Waals surface area contributed by atoms with E-state index < -0.39 is 0 Å². The molecule has 0 bridgehead atoms. The zero-order valence-electron chi connectivity index (χ0n) is 19.0. The first-order valence-corrected chi connectivity index (χ1v) is 11.7. The summed E-state index contributed by atoms with van der Waals surface area (Å²) in [5, 5.41) is 5.80. The van der Waals surface area contributed by atoms with Crippen molar-refractivity contribution >= 4 is 41.3 Å². The maximum atomic E-state index is 5.57. The summed E-state index contributed by atoms with van der Waals surface area (Å²) in [6.45, 7) is 6.06. The maximum absolute atomic E-state index is 5.57. The van der Waals surface area contributed by atoms with Gasteiger partial charge in [0.25, 0.3) is 0 Å². The number of rotatable bonds is 6. The zero-order valence-corrected chi connectivity index (χ0v) is 22.2. The molecule has 3 heterocycles. The van der Waals surface area contributed by atoms with Gasteiger partial charge in [-0.1, -0.05) is 6.07 Å². The summed E-state index contributed by atoms with van der Waals surface area (Å²) in [5.74, 6) is 2.51. The zero-order chi connectivity index (χ0) is 21.6. The van der Waals surface area contributed by atoms with Gasteiger partial charge in [-0.05, 0) is 41.1 Å². The topological polar surface area (TPSA) is 58.6 Å². The van der Waals surface area contributed by atoms with Crippen molar-refractivity contribution in [1.29, 1.82) is 0 Å². The van der Waals surface area contributed by atoms with Crippen molar-refractivity contribution in [3.05, 3.63) is 45.6 Å². The summed E-state index contributed by atoms with van der Waals surface area (Å²) in [6, 6.07) is 8.88. The lowest BCUT2D eigenvalue weighted by Crippen LogP contribution is -2.48. The molecule has 0 radical (unpaired) electrons. The fourth-order valence-corrected chi connectivity index (χ4v) is 5.22. The number of fused-ring (bicyclic) bond motifs is 1. The van der Waals surface area contributed by atoms with Gasteiger partial charge in [-0.15, -0.1) is 35.3 Å². The van der Waals surface area contributed by atoms with E-state index in [0.29, 0.717) is 6.04 Å².